The summed E-state index contributed by atoms with van der Waals surface area (Å²) in [5.74, 6) is 2.79. The van der Waals surface area contributed by atoms with Crippen LogP contribution in [0.2, 0.25) is 0 Å². The minimum atomic E-state index is -0.00386. The molecule has 38 heavy (non-hydrogen) atoms. The second-order valence-corrected chi connectivity index (χ2v) is 11.6. The van der Waals surface area contributed by atoms with Crippen molar-refractivity contribution in [1.29, 1.82) is 0 Å². The number of carbonyl (C=O) groups excluding carboxylic acids is 1. The third kappa shape index (κ3) is 5.55. The van der Waals surface area contributed by atoms with Crippen LogP contribution in [0.25, 0.3) is 11.2 Å². The van der Waals surface area contributed by atoms with Gasteiger partial charge in [0, 0.05) is 39.1 Å². The summed E-state index contributed by atoms with van der Waals surface area (Å²) in [6.07, 6.45) is 10.5. The maximum atomic E-state index is 13.2. The Labute approximate surface area is 225 Å². The van der Waals surface area contributed by atoms with Gasteiger partial charge >= 0.3 is 0 Å². The lowest BCUT2D eigenvalue weighted by Gasteiger charge is -2.34. The Hall–Kier alpha value is -3.00. The maximum absolute atomic E-state index is 13.2. The first kappa shape index (κ1) is 25.3. The van der Waals surface area contributed by atoms with Crippen LogP contribution in [0.3, 0.4) is 0 Å². The average Bonchev–Trinajstić information content (AvgIpc) is 3.14. The molecular weight excluding hydrogens is 474 g/mol. The van der Waals surface area contributed by atoms with E-state index in [1.807, 2.05) is 0 Å². The van der Waals surface area contributed by atoms with Crippen LogP contribution in [-0.4, -0.2) is 63.0 Å². The van der Waals surface area contributed by atoms with Crippen LogP contribution in [0.4, 0.5) is 5.82 Å². The highest BCUT2D eigenvalue weighted by atomic mass is 16.1. The average molecular weight is 516 g/mol. The SMILES string of the molecule is Cc1ccc(CN2CCC(CNC(=O)[C@H]3CCCN(c4ncnc5c4nc4n5CCCCC4)C3)CC2)cc1. The molecule has 3 aromatic rings. The van der Waals surface area contributed by atoms with Crippen LogP contribution in [0.15, 0.2) is 30.6 Å². The number of nitrogens with zero attached hydrogens (tertiary/aromatic N) is 6. The molecule has 0 saturated carbocycles. The summed E-state index contributed by atoms with van der Waals surface area (Å²) in [6.45, 7) is 8.75. The molecule has 1 N–H and O–H groups in total. The van der Waals surface area contributed by atoms with Gasteiger partial charge in [-0.15, -0.1) is 0 Å². The Balaban J connectivity index is 1.02. The van der Waals surface area contributed by atoms with E-state index in [0.717, 1.165) is 94.2 Å². The number of rotatable bonds is 6. The summed E-state index contributed by atoms with van der Waals surface area (Å²) in [4.78, 5) is 32.3. The van der Waals surface area contributed by atoms with E-state index in [0.29, 0.717) is 12.5 Å². The number of hydrogen-bond donors (Lipinski definition) is 1. The molecule has 202 valence electrons. The Morgan fingerprint density at radius 3 is 2.66 bits per heavy atom. The van der Waals surface area contributed by atoms with Crippen molar-refractivity contribution in [3.05, 3.63) is 47.5 Å². The van der Waals surface area contributed by atoms with Crippen LogP contribution < -0.4 is 10.2 Å². The Morgan fingerprint density at radius 2 is 1.82 bits per heavy atom. The third-order valence-corrected chi connectivity index (χ3v) is 8.76. The van der Waals surface area contributed by atoms with E-state index in [2.05, 4.69) is 60.8 Å². The summed E-state index contributed by atoms with van der Waals surface area (Å²) < 4.78 is 2.29. The van der Waals surface area contributed by atoms with Gasteiger partial charge in [-0.3, -0.25) is 9.69 Å². The molecule has 1 aromatic carbocycles. The van der Waals surface area contributed by atoms with Crippen molar-refractivity contribution in [2.75, 3.05) is 37.6 Å². The topological polar surface area (TPSA) is 79.2 Å². The number of carbonyl (C=O) groups is 1. The van der Waals surface area contributed by atoms with Gasteiger partial charge in [-0.25, -0.2) is 15.0 Å². The van der Waals surface area contributed by atoms with Gasteiger partial charge in [0.2, 0.25) is 5.91 Å². The first-order chi connectivity index (χ1) is 18.6. The van der Waals surface area contributed by atoms with Crippen molar-refractivity contribution in [1.82, 2.24) is 29.7 Å². The molecular formula is C30H41N7O. The molecule has 2 fully saturated rings. The van der Waals surface area contributed by atoms with E-state index in [1.54, 1.807) is 6.33 Å². The van der Waals surface area contributed by atoms with Gasteiger partial charge in [0.25, 0.3) is 0 Å². The van der Waals surface area contributed by atoms with Crippen LogP contribution in [0.5, 0.6) is 0 Å². The summed E-state index contributed by atoms with van der Waals surface area (Å²) in [7, 11) is 0. The Kier molecular flexibility index (Phi) is 7.58. The first-order valence-electron chi connectivity index (χ1n) is 14.6. The fraction of sp³-hybridized carbons (Fsp3) is 0.600. The Morgan fingerprint density at radius 1 is 0.974 bits per heavy atom. The molecule has 0 bridgehead atoms. The predicted molar refractivity (Wildman–Crippen MR) is 150 cm³/mol. The highest BCUT2D eigenvalue weighted by Gasteiger charge is 2.30. The van der Waals surface area contributed by atoms with E-state index in [1.165, 1.54) is 30.4 Å². The van der Waals surface area contributed by atoms with Gasteiger partial charge in [-0.1, -0.05) is 36.2 Å². The van der Waals surface area contributed by atoms with Crippen LogP contribution >= 0.6 is 0 Å². The molecule has 8 nitrogen and oxygen atoms in total. The fourth-order valence-electron chi connectivity index (χ4n) is 6.43. The summed E-state index contributed by atoms with van der Waals surface area (Å²) in [6, 6.07) is 8.87. The molecule has 0 spiro atoms. The standard InChI is InChI=1S/C30H41N7O/c1-22-8-10-24(11-9-22)19-35-16-12-23(13-17-35)18-31-30(38)25-6-5-14-36(20-25)28-27-29(33-21-32-28)37-15-4-2-3-7-26(37)34-27/h8-11,21,23,25H,2-7,12-20H2,1H3,(H,31,38)/t25-/m0/s1. The number of piperidine rings is 2. The highest BCUT2D eigenvalue weighted by molar-refractivity contribution is 5.85. The zero-order valence-electron chi connectivity index (χ0n) is 22.7. The fourth-order valence-corrected chi connectivity index (χ4v) is 6.43. The number of fused-ring (bicyclic) bond motifs is 3. The summed E-state index contributed by atoms with van der Waals surface area (Å²) in [5, 5.41) is 3.31. The lowest BCUT2D eigenvalue weighted by atomic mass is 9.94. The summed E-state index contributed by atoms with van der Waals surface area (Å²) >= 11 is 0. The normalized spacial score (nSPS) is 21.3. The molecule has 8 heteroatoms. The number of hydrogen-bond acceptors (Lipinski definition) is 6. The van der Waals surface area contributed by atoms with Gasteiger partial charge < -0.3 is 14.8 Å². The number of imidazole rings is 1. The number of aryl methyl sites for hydroxylation is 3. The molecule has 2 aromatic heterocycles. The molecule has 6 rings (SSSR count). The van der Waals surface area contributed by atoms with E-state index >= 15 is 0 Å². The number of aromatic nitrogens is 4. The number of amides is 1. The van der Waals surface area contributed by atoms with E-state index in [4.69, 9.17) is 4.98 Å². The molecule has 3 aliphatic rings. The van der Waals surface area contributed by atoms with Gasteiger partial charge in [-0.05, 0) is 70.0 Å². The van der Waals surface area contributed by atoms with Crippen LogP contribution in [-0.2, 0) is 24.3 Å². The maximum Gasteiger partial charge on any atom is 0.224 e. The Bertz CT molecular complexity index is 1250. The monoisotopic (exact) mass is 515 g/mol. The van der Waals surface area contributed by atoms with Crippen molar-refractivity contribution in [2.24, 2.45) is 11.8 Å². The van der Waals surface area contributed by atoms with Crippen molar-refractivity contribution in [3.63, 3.8) is 0 Å². The first-order valence-corrected chi connectivity index (χ1v) is 14.6. The quantitative estimate of drug-likeness (QED) is 0.532. The van der Waals surface area contributed by atoms with Crippen molar-refractivity contribution < 1.29 is 4.79 Å². The zero-order valence-corrected chi connectivity index (χ0v) is 22.7. The number of benzene rings is 1. The minimum absolute atomic E-state index is 0.00386. The van der Waals surface area contributed by atoms with Gasteiger partial charge in [0.15, 0.2) is 17.0 Å². The van der Waals surface area contributed by atoms with Gasteiger partial charge in [0.05, 0.1) is 5.92 Å². The molecule has 3 aliphatic heterocycles. The highest BCUT2D eigenvalue weighted by Crippen LogP contribution is 2.29. The lowest BCUT2D eigenvalue weighted by Crippen LogP contribution is -2.45. The third-order valence-electron chi connectivity index (χ3n) is 8.76. The smallest absolute Gasteiger partial charge is 0.224 e. The second-order valence-electron chi connectivity index (χ2n) is 11.6. The molecule has 0 aliphatic carbocycles. The van der Waals surface area contributed by atoms with Gasteiger partial charge in [-0.2, -0.15) is 0 Å². The predicted octanol–water partition coefficient (Wildman–Crippen LogP) is 4.11. The van der Waals surface area contributed by atoms with Crippen LogP contribution in [0, 0.1) is 18.8 Å². The molecule has 5 heterocycles. The number of nitrogens with one attached hydrogen (secondary N) is 1. The number of anilines is 1. The van der Waals surface area contributed by atoms with Gasteiger partial charge in [0.1, 0.15) is 12.2 Å². The van der Waals surface area contributed by atoms with Crippen LogP contribution in [0.1, 0.15) is 61.9 Å². The largest absolute Gasteiger partial charge is 0.356 e. The molecule has 2 saturated heterocycles. The summed E-state index contributed by atoms with van der Waals surface area (Å²) in [5.41, 5.74) is 4.55. The lowest BCUT2D eigenvalue weighted by molar-refractivity contribution is -0.125. The van der Waals surface area contributed by atoms with Crippen molar-refractivity contribution in [3.8, 4) is 0 Å². The van der Waals surface area contributed by atoms with E-state index in [-0.39, 0.29) is 11.8 Å². The zero-order chi connectivity index (χ0) is 25.9. The molecule has 1 atom stereocenters. The van der Waals surface area contributed by atoms with Crippen molar-refractivity contribution >= 4 is 22.9 Å². The molecule has 0 radical (unpaired) electrons. The molecule has 0 unspecified atom stereocenters. The number of likely N-dealkylation sites (tertiary alicyclic amines) is 1. The minimum Gasteiger partial charge on any atom is -0.356 e. The van der Waals surface area contributed by atoms with Crippen molar-refractivity contribution in [2.45, 2.75) is 71.4 Å². The molecule has 1 amide bonds. The van der Waals surface area contributed by atoms with E-state index < -0.39 is 0 Å². The van der Waals surface area contributed by atoms with E-state index in [9.17, 15) is 4.79 Å². The second kappa shape index (κ2) is 11.4.